The van der Waals surface area contributed by atoms with Gasteiger partial charge in [0.1, 0.15) is 0 Å². The largest absolute Gasteiger partial charge is 0.323 e. The maximum atomic E-state index is 6.23. The number of nitrogens with two attached hydrogens (primary N) is 1. The van der Waals surface area contributed by atoms with E-state index >= 15 is 0 Å². The quantitative estimate of drug-likeness (QED) is 0.692. The van der Waals surface area contributed by atoms with Gasteiger partial charge in [-0.3, -0.25) is 0 Å². The Bertz CT molecular complexity index is 329. The van der Waals surface area contributed by atoms with Gasteiger partial charge in [0.15, 0.2) is 0 Å². The average Bonchev–Trinajstić information content (AvgIpc) is 2.06. The van der Waals surface area contributed by atoms with Crippen LogP contribution in [0, 0.1) is 12.6 Å². The van der Waals surface area contributed by atoms with Crippen molar-refractivity contribution in [2.45, 2.75) is 26.8 Å². The highest BCUT2D eigenvalue weighted by molar-refractivity contribution is 14.1. The molecule has 1 aromatic rings. The van der Waals surface area contributed by atoms with Crippen LogP contribution in [0.4, 0.5) is 0 Å². The molecule has 0 aliphatic carbocycles. The second kappa shape index (κ2) is 4.65. The van der Waals surface area contributed by atoms with Crippen molar-refractivity contribution in [3.05, 3.63) is 30.9 Å². The molecule has 0 amide bonds. The summed E-state index contributed by atoms with van der Waals surface area (Å²) in [5.41, 5.74) is 7.60. The van der Waals surface area contributed by atoms with Crippen molar-refractivity contribution < 1.29 is 0 Å². The van der Waals surface area contributed by atoms with Gasteiger partial charge < -0.3 is 5.73 Å². The second-order valence-corrected chi connectivity index (χ2v) is 6.92. The van der Waals surface area contributed by atoms with Gasteiger partial charge in [0.25, 0.3) is 0 Å². The molecular formula is C11H15I2N. The summed E-state index contributed by atoms with van der Waals surface area (Å²) >= 11 is 4.67. The average molecular weight is 415 g/mol. The molecule has 0 saturated carbocycles. The summed E-state index contributed by atoms with van der Waals surface area (Å²) in [7, 11) is 0. The second-order valence-electron chi connectivity index (χ2n) is 4.51. The Morgan fingerprint density at radius 2 is 1.79 bits per heavy atom. The van der Waals surface area contributed by atoms with Crippen molar-refractivity contribution in [3.63, 3.8) is 0 Å². The molecule has 1 atom stereocenters. The Kier molecular flexibility index (Phi) is 4.22. The lowest BCUT2D eigenvalue weighted by atomic mass is 9.83. The van der Waals surface area contributed by atoms with Crippen molar-refractivity contribution in [3.8, 4) is 0 Å². The Balaban J connectivity index is 3.12. The lowest BCUT2D eigenvalue weighted by molar-refractivity contribution is 0.326. The lowest BCUT2D eigenvalue weighted by Gasteiger charge is -2.28. The van der Waals surface area contributed by atoms with Gasteiger partial charge in [-0.25, -0.2) is 0 Å². The maximum Gasteiger partial charge on any atom is 0.0355 e. The van der Waals surface area contributed by atoms with Crippen LogP contribution in [0.25, 0.3) is 0 Å². The summed E-state index contributed by atoms with van der Waals surface area (Å²) in [6.07, 6.45) is 0. The maximum absolute atomic E-state index is 6.23. The van der Waals surface area contributed by atoms with E-state index in [2.05, 4.69) is 84.2 Å². The molecule has 0 saturated heterocycles. The number of hydrogen-bond acceptors (Lipinski definition) is 1. The molecule has 78 valence electrons. The van der Waals surface area contributed by atoms with Crippen molar-refractivity contribution >= 4 is 45.2 Å². The summed E-state index contributed by atoms with van der Waals surface area (Å²) in [4.78, 5) is 0. The fourth-order valence-corrected chi connectivity index (χ4v) is 2.41. The minimum absolute atomic E-state index is 0.101. The molecule has 0 radical (unpaired) electrons. The molecule has 14 heavy (non-hydrogen) atoms. The topological polar surface area (TPSA) is 26.0 Å². The summed E-state index contributed by atoms with van der Waals surface area (Å²) < 4.78 is 2.50. The van der Waals surface area contributed by atoms with E-state index in [0.717, 1.165) is 0 Å². The number of halogens is 2. The van der Waals surface area contributed by atoms with Crippen molar-refractivity contribution in [1.29, 1.82) is 0 Å². The Morgan fingerprint density at radius 3 is 2.29 bits per heavy atom. The van der Waals surface area contributed by atoms with E-state index in [-0.39, 0.29) is 11.5 Å². The third-order valence-electron chi connectivity index (χ3n) is 2.23. The molecule has 1 aromatic carbocycles. The van der Waals surface area contributed by atoms with E-state index in [4.69, 9.17) is 5.73 Å². The summed E-state index contributed by atoms with van der Waals surface area (Å²) in [5, 5.41) is 0. The van der Waals surface area contributed by atoms with Crippen LogP contribution in [0.3, 0.4) is 0 Å². The molecule has 0 fully saturated rings. The highest BCUT2D eigenvalue weighted by Gasteiger charge is 2.23. The molecule has 0 aromatic heterocycles. The van der Waals surface area contributed by atoms with Crippen LogP contribution in [-0.4, -0.2) is 0 Å². The van der Waals surface area contributed by atoms with Crippen molar-refractivity contribution in [2.75, 3.05) is 0 Å². The van der Waals surface area contributed by atoms with E-state index in [1.165, 1.54) is 12.7 Å². The van der Waals surface area contributed by atoms with Gasteiger partial charge in [0.2, 0.25) is 0 Å². The molecule has 2 N–H and O–H groups in total. The first kappa shape index (κ1) is 12.7. The summed E-state index contributed by atoms with van der Waals surface area (Å²) in [6.45, 7) is 6.52. The van der Waals surface area contributed by atoms with Crippen molar-refractivity contribution in [1.82, 2.24) is 0 Å². The van der Waals surface area contributed by atoms with E-state index in [1.54, 1.807) is 0 Å². The lowest BCUT2D eigenvalue weighted by Crippen LogP contribution is -2.27. The summed E-state index contributed by atoms with van der Waals surface area (Å²) in [5.74, 6) is 0. The van der Waals surface area contributed by atoms with Gasteiger partial charge in [0, 0.05) is 13.2 Å². The van der Waals surface area contributed by atoms with Crippen LogP contribution < -0.4 is 5.73 Å². The van der Waals surface area contributed by atoms with Gasteiger partial charge in [-0.2, -0.15) is 0 Å². The van der Waals surface area contributed by atoms with Crippen LogP contribution in [0.5, 0.6) is 0 Å². The molecule has 0 bridgehead atoms. The fraction of sp³-hybridized carbons (Fsp3) is 0.455. The number of benzene rings is 1. The highest BCUT2D eigenvalue weighted by Crippen LogP contribution is 2.33. The first-order chi connectivity index (χ1) is 6.32. The minimum atomic E-state index is 0.101. The monoisotopic (exact) mass is 415 g/mol. The molecular weight excluding hydrogens is 400 g/mol. The molecule has 1 rings (SSSR count). The molecule has 0 spiro atoms. The van der Waals surface area contributed by atoms with Gasteiger partial charge >= 0.3 is 0 Å². The summed E-state index contributed by atoms with van der Waals surface area (Å²) in [6, 6.07) is 6.52. The zero-order chi connectivity index (χ0) is 10.9. The molecule has 0 heterocycles. The van der Waals surface area contributed by atoms with Crippen LogP contribution in [-0.2, 0) is 0 Å². The predicted molar refractivity (Wildman–Crippen MR) is 78.3 cm³/mol. The third-order valence-corrected chi connectivity index (χ3v) is 3.88. The van der Waals surface area contributed by atoms with E-state index in [9.17, 15) is 0 Å². The highest BCUT2D eigenvalue weighted by atomic mass is 127. The van der Waals surface area contributed by atoms with Crippen LogP contribution in [0.2, 0.25) is 0 Å². The Labute approximate surface area is 113 Å². The number of hydrogen-bond donors (Lipinski definition) is 1. The molecule has 0 aliphatic heterocycles. The smallest absolute Gasteiger partial charge is 0.0355 e. The van der Waals surface area contributed by atoms with E-state index in [0.29, 0.717) is 0 Å². The normalized spacial score (nSPS) is 14.1. The van der Waals surface area contributed by atoms with Gasteiger partial charge in [-0.05, 0) is 74.4 Å². The van der Waals surface area contributed by atoms with Crippen molar-refractivity contribution in [2.24, 2.45) is 11.1 Å². The van der Waals surface area contributed by atoms with Crippen LogP contribution in [0.15, 0.2) is 18.2 Å². The first-order valence-corrected chi connectivity index (χ1v) is 6.68. The Morgan fingerprint density at radius 1 is 1.21 bits per heavy atom. The van der Waals surface area contributed by atoms with Crippen LogP contribution in [0.1, 0.15) is 32.4 Å². The first-order valence-electron chi connectivity index (χ1n) is 4.53. The predicted octanol–water partition coefficient (Wildman–Crippen LogP) is 3.94. The minimum Gasteiger partial charge on any atom is -0.323 e. The number of rotatable bonds is 1. The zero-order valence-corrected chi connectivity index (χ0v) is 13.0. The van der Waals surface area contributed by atoms with Gasteiger partial charge in [0.05, 0.1) is 0 Å². The molecule has 0 unspecified atom stereocenters. The van der Waals surface area contributed by atoms with E-state index in [1.807, 2.05) is 0 Å². The molecule has 1 nitrogen and oxygen atoms in total. The third kappa shape index (κ3) is 3.06. The standard InChI is InChI=1S/C11H15I2N/c1-11(2,3)10(14)8-6-7(12)4-5-9(8)13/h4-6,10H,14H2,1-3H3/t10-/m1/s1. The zero-order valence-electron chi connectivity index (χ0n) is 8.64. The fourth-order valence-electron chi connectivity index (χ4n) is 1.22. The van der Waals surface area contributed by atoms with Crippen LogP contribution >= 0.6 is 45.2 Å². The van der Waals surface area contributed by atoms with E-state index < -0.39 is 0 Å². The Hall–Kier alpha value is 0.640. The molecule has 0 aliphatic rings. The SMILES string of the molecule is CC(C)(C)[C@H](N)c1cc(I)ccc1I. The van der Waals surface area contributed by atoms with Gasteiger partial charge in [-0.1, -0.05) is 20.8 Å². The molecule has 3 heteroatoms. The van der Waals surface area contributed by atoms with Gasteiger partial charge in [-0.15, -0.1) is 0 Å².